The number of aromatic nitrogens is 1. The molecule has 0 radical (unpaired) electrons. The second kappa shape index (κ2) is 5.55. The van der Waals surface area contributed by atoms with Crippen LogP contribution in [-0.2, 0) is 5.79 Å². The van der Waals surface area contributed by atoms with Crippen LogP contribution >= 0.6 is 11.6 Å². The molecule has 0 bridgehead atoms. The number of hydrogen-bond acceptors (Lipinski definition) is 4. The van der Waals surface area contributed by atoms with Crippen molar-refractivity contribution in [1.29, 1.82) is 0 Å². The van der Waals surface area contributed by atoms with Gasteiger partial charge in [-0.05, 0) is 36.7 Å². The van der Waals surface area contributed by atoms with Gasteiger partial charge in [0.25, 0.3) is 5.79 Å². The molecule has 2 aromatic rings. The molecule has 1 aromatic heterocycles. The third kappa shape index (κ3) is 2.58. The third-order valence-corrected chi connectivity index (χ3v) is 4.41. The fraction of sp³-hybridized carbons (Fsp3) is 0.278. The standard InChI is InChI=1S/C18H17ClN2O2/c1-18(16-6-5-13(19)11-21-16)22-15-4-2-3-14(17(15)23-18)12-7-9-20-10-8-12/h2-7,11,20H,8-10H2,1H3. The van der Waals surface area contributed by atoms with Gasteiger partial charge in [-0.3, -0.25) is 4.98 Å². The van der Waals surface area contributed by atoms with E-state index in [-0.39, 0.29) is 0 Å². The number of pyridine rings is 1. The minimum atomic E-state index is -0.934. The topological polar surface area (TPSA) is 43.4 Å². The molecule has 4 nitrogen and oxygen atoms in total. The summed E-state index contributed by atoms with van der Waals surface area (Å²) in [6, 6.07) is 9.64. The summed E-state index contributed by atoms with van der Waals surface area (Å²) in [4.78, 5) is 4.35. The van der Waals surface area contributed by atoms with Crippen molar-refractivity contribution < 1.29 is 9.47 Å². The maximum absolute atomic E-state index is 6.22. The van der Waals surface area contributed by atoms with Crippen LogP contribution < -0.4 is 14.8 Å². The number of para-hydroxylation sites is 1. The van der Waals surface area contributed by atoms with E-state index in [1.165, 1.54) is 5.57 Å². The quantitative estimate of drug-likeness (QED) is 0.911. The summed E-state index contributed by atoms with van der Waals surface area (Å²) in [5.41, 5.74) is 3.09. The average Bonchev–Trinajstić information content (AvgIpc) is 2.93. The van der Waals surface area contributed by atoms with Gasteiger partial charge in [-0.15, -0.1) is 0 Å². The van der Waals surface area contributed by atoms with Crippen LogP contribution in [-0.4, -0.2) is 18.1 Å². The van der Waals surface area contributed by atoms with Crippen LogP contribution in [0.25, 0.3) is 5.57 Å². The highest BCUT2D eigenvalue weighted by atomic mass is 35.5. The van der Waals surface area contributed by atoms with Gasteiger partial charge in [-0.2, -0.15) is 0 Å². The lowest BCUT2D eigenvalue weighted by atomic mass is 9.99. The molecule has 5 heteroatoms. The second-order valence-electron chi connectivity index (χ2n) is 5.83. The van der Waals surface area contributed by atoms with Gasteiger partial charge in [0.2, 0.25) is 0 Å². The molecule has 1 unspecified atom stereocenters. The molecule has 1 aromatic carbocycles. The maximum atomic E-state index is 6.22. The molecule has 4 rings (SSSR count). The van der Waals surface area contributed by atoms with E-state index in [9.17, 15) is 0 Å². The van der Waals surface area contributed by atoms with Gasteiger partial charge in [0, 0.05) is 25.2 Å². The van der Waals surface area contributed by atoms with Crippen LogP contribution in [0.3, 0.4) is 0 Å². The molecule has 23 heavy (non-hydrogen) atoms. The average molecular weight is 329 g/mol. The van der Waals surface area contributed by atoms with Gasteiger partial charge < -0.3 is 14.8 Å². The molecule has 0 aliphatic carbocycles. The van der Waals surface area contributed by atoms with Crippen molar-refractivity contribution in [3.8, 4) is 11.5 Å². The lowest BCUT2D eigenvalue weighted by Gasteiger charge is -2.22. The van der Waals surface area contributed by atoms with Crippen LogP contribution in [0, 0.1) is 0 Å². The van der Waals surface area contributed by atoms with Crippen LogP contribution in [0.4, 0.5) is 0 Å². The van der Waals surface area contributed by atoms with Gasteiger partial charge in [0.1, 0.15) is 5.69 Å². The van der Waals surface area contributed by atoms with Gasteiger partial charge >= 0.3 is 0 Å². The Labute approximate surface area is 140 Å². The van der Waals surface area contributed by atoms with E-state index in [0.29, 0.717) is 10.7 Å². The number of nitrogens with zero attached hydrogens (tertiary/aromatic N) is 1. The van der Waals surface area contributed by atoms with E-state index in [0.717, 1.165) is 36.6 Å². The van der Waals surface area contributed by atoms with E-state index in [2.05, 4.69) is 22.4 Å². The number of halogens is 1. The van der Waals surface area contributed by atoms with Crippen LogP contribution in [0.1, 0.15) is 24.6 Å². The van der Waals surface area contributed by atoms with E-state index in [1.807, 2.05) is 25.1 Å². The summed E-state index contributed by atoms with van der Waals surface area (Å²) in [5, 5.41) is 3.92. The molecule has 0 spiro atoms. The Balaban J connectivity index is 1.72. The molecule has 2 aliphatic heterocycles. The fourth-order valence-electron chi connectivity index (χ4n) is 3.00. The van der Waals surface area contributed by atoms with E-state index >= 15 is 0 Å². The number of benzene rings is 1. The lowest BCUT2D eigenvalue weighted by molar-refractivity contribution is -0.0718. The Morgan fingerprint density at radius 2 is 2.13 bits per heavy atom. The SMILES string of the molecule is CC1(c2ccc(Cl)cn2)Oc2cccc(C3=CCNCC3)c2O1. The van der Waals surface area contributed by atoms with E-state index < -0.39 is 5.79 Å². The van der Waals surface area contributed by atoms with Crippen molar-refractivity contribution in [3.63, 3.8) is 0 Å². The minimum Gasteiger partial charge on any atom is -0.443 e. The molecule has 0 saturated carbocycles. The zero-order valence-electron chi connectivity index (χ0n) is 12.8. The minimum absolute atomic E-state index is 0.591. The Morgan fingerprint density at radius 1 is 1.22 bits per heavy atom. The molecule has 0 saturated heterocycles. The van der Waals surface area contributed by atoms with Crippen molar-refractivity contribution in [3.05, 3.63) is 58.9 Å². The summed E-state index contributed by atoms with van der Waals surface area (Å²) in [6.45, 7) is 3.74. The largest absolute Gasteiger partial charge is 0.443 e. The first-order valence-corrected chi connectivity index (χ1v) is 8.07. The summed E-state index contributed by atoms with van der Waals surface area (Å²) >= 11 is 5.92. The highest BCUT2D eigenvalue weighted by Gasteiger charge is 2.41. The normalized spacial score (nSPS) is 22.8. The molecule has 0 fully saturated rings. The monoisotopic (exact) mass is 328 g/mol. The molecule has 118 valence electrons. The number of nitrogens with one attached hydrogen (secondary N) is 1. The van der Waals surface area contributed by atoms with Crippen LogP contribution in [0.15, 0.2) is 42.6 Å². The second-order valence-corrected chi connectivity index (χ2v) is 6.26. The third-order valence-electron chi connectivity index (χ3n) is 4.18. The molecule has 3 heterocycles. The predicted octanol–water partition coefficient (Wildman–Crippen LogP) is 3.76. The Hall–Kier alpha value is -2.04. The highest BCUT2D eigenvalue weighted by molar-refractivity contribution is 6.30. The van der Waals surface area contributed by atoms with Crippen LogP contribution in [0.5, 0.6) is 11.5 Å². The van der Waals surface area contributed by atoms with Crippen molar-refractivity contribution in [2.45, 2.75) is 19.1 Å². The Bertz CT molecular complexity index is 773. The van der Waals surface area contributed by atoms with E-state index in [4.69, 9.17) is 21.1 Å². The zero-order chi connectivity index (χ0) is 15.9. The predicted molar refractivity (Wildman–Crippen MR) is 89.8 cm³/mol. The van der Waals surface area contributed by atoms with Gasteiger partial charge in [0.15, 0.2) is 11.5 Å². The number of ether oxygens (including phenoxy) is 2. The Morgan fingerprint density at radius 3 is 2.87 bits per heavy atom. The first kappa shape index (κ1) is 14.5. The summed E-state index contributed by atoms with van der Waals surface area (Å²) in [7, 11) is 0. The van der Waals surface area contributed by atoms with Crippen molar-refractivity contribution in [1.82, 2.24) is 10.3 Å². The van der Waals surface area contributed by atoms with Crippen molar-refractivity contribution >= 4 is 17.2 Å². The van der Waals surface area contributed by atoms with Gasteiger partial charge in [-0.1, -0.05) is 29.8 Å². The number of rotatable bonds is 2. The number of hydrogen-bond donors (Lipinski definition) is 1. The van der Waals surface area contributed by atoms with Gasteiger partial charge in [-0.25, -0.2) is 0 Å². The van der Waals surface area contributed by atoms with Crippen molar-refractivity contribution in [2.75, 3.05) is 13.1 Å². The number of fused-ring (bicyclic) bond motifs is 1. The smallest absolute Gasteiger partial charge is 0.292 e. The maximum Gasteiger partial charge on any atom is 0.292 e. The molecular weight excluding hydrogens is 312 g/mol. The van der Waals surface area contributed by atoms with Gasteiger partial charge in [0.05, 0.1) is 5.02 Å². The first-order valence-electron chi connectivity index (χ1n) is 7.69. The first-order chi connectivity index (χ1) is 11.2. The summed E-state index contributed by atoms with van der Waals surface area (Å²) in [5.74, 6) is 0.609. The molecule has 2 aliphatic rings. The zero-order valence-corrected chi connectivity index (χ0v) is 13.6. The van der Waals surface area contributed by atoms with E-state index in [1.54, 1.807) is 12.3 Å². The molecule has 1 N–H and O–H groups in total. The fourth-order valence-corrected chi connectivity index (χ4v) is 3.11. The molecule has 0 amide bonds. The summed E-state index contributed by atoms with van der Waals surface area (Å²) in [6.07, 6.45) is 4.79. The Kier molecular flexibility index (Phi) is 3.51. The van der Waals surface area contributed by atoms with Crippen molar-refractivity contribution in [2.24, 2.45) is 0 Å². The lowest BCUT2D eigenvalue weighted by Crippen LogP contribution is -2.32. The summed E-state index contributed by atoms with van der Waals surface area (Å²) < 4.78 is 12.3. The molecule has 1 atom stereocenters. The molecular formula is C18H17ClN2O2. The highest BCUT2D eigenvalue weighted by Crippen LogP contribution is 2.47. The van der Waals surface area contributed by atoms with Crippen LogP contribution in [0.2, 0.25) is 5.02 Å².